The molecule has 0 bridgehead atoms. The highest BCUT2D eigenvalue weighted by Crippen LogP contribution is 2.29. The standard InChI is InChI=1S/C13H11Cl2N3/c14-9-3-1-8(2-4-9)12-11(15)7-16-13(18-12)17-10-5-6-10/h1-4,7,10H,5-6H2,(H,16,17,18). The second-order valence-corrected chi connectivity index (χ2v) is 5.16. The van der Waals surface area contributed by atoms with Gasteiger partial charge in [-0.3, -0.25) is 0 Å². The smallest absolute Gasteiger partial charge is 0.223 e. The molecule has 1 fully saturated rings. The minimum atomic E-state index is 0.518. The largest absolute Gasteiger partial charge is 0.351 e. The fourth-order valence-corrected chi connectivity index (χ4v) is 1.98. The van der Waals surface area contributed by atoms with Crippen LogP contribution in [-0.2, 0) is 0 Å². The summed E-state index contributed by atoms with van der Waals surface area (Å²) in [7, 11) is 0. The molecule has 1 N–H and O–H groups in total. The molecule has 0 spiro atoms. The van der Waals surface area contributed by atoms with E-state index < -0.39 is 0 Å². The molecule has 1 aromatic heterocycles. The third-order valence-corrected chi connectivity index (χ3v) is 3.30. The van der Waals surface area contributed by atoms with Crippen molar-refractivity contribution in [1.29, 1.82) is 0 Å². The number of hydrogen-bond acceptors (Lipinski definition) is 3. The number of aromatic nitrogens is 2. The van der Waals surface area contributed by atoms with Gasteiger partial charge in [0.15, 0.2) is 0 Å². The van der Waals surface area contributed by atoms with Crippen molar-refractivity contribution < 1.29 is 0 Å². The van der Waals surface area contributed by atoms with Crippen molar-refractivity contribution in [3.63, 3.8) is 0 Å². The Bertz CT molecular complexity index is 565. The third kappa shape index (κ3) is 2.57. The van der Waals surface area contributed by atoms with E-state index in [2.05, 4.69) is 15.3 Å². The minimum absolute atomic E-state index is 0.518. The fraction of sp³-hybridized carbons (Fsp3) is 0.231. The Balaban J connectivity index is 1.95. The summed E-state index contributed by atoms with van der Waals surface area (Å²) in [6.45, 7) is 0. The first-order chi connectivity index (χ1) is 8.72. The van der Waals surface area contributed by atoms with E-state index in [0.717, 1.165) is 11.3 Å². The summed E-state index contributed by atoms with van der Waals surface area (Å²) in [6, 6.07) is 7.96. The first-order valence-electron chi connectivity index (χ1n) is 5.77. The molecular formula is C13H11Cl2N3. The predicted molar refractivity (Wildman–Crippen MR) is 74.1 cm³/mol. The van der Waals surface area contributed by atoms with Crippen molar-refractivity contribution in [2.24, 2.45) is 0 Å². The molecule has 18 heavy (non-hydrogen) atoms. The number of anilines is 1. The van der Waals surface area contributed by atoms with Crippen molar-refractivity contribution in [3.05, 3.63) is 40.5 Å². The quantitative estimate of drug-likeness (QED) is 0.922. The molecule has 0 radical (unpaired) electrons. The zero-order valence-electron chi connectivity index (χ0n) is 9.53. The van der Waals surface area contributed by atoms with Crippen molar-refractivity contribution in [3.8, 4) is 11.3 Å². The molecule has 92 valence electrons. The molecule has 2 aromatic rings. The van der Waals surface area contributed by atoms with Crippen LogP contribution < -0.4 is 5.32 Å². The Kier molecular flexibility index (Phi) is 3.10. The molecule has 0 amide bonds. The van der Waals surface area contributed by atoms with Gasteiger partial charge in [-0.25, -0.2) is 9.97 Å². The number of nitrogens with one attached hydrogen (secondary N) is 1. The van der Waals surface area contributed by atoms with Gasteiger partial charge in [-0.05, 0) is 25.0 Å². The second kappa shape index (κ2) is 4.75. The molecule has 1 heterocycles. The van der Waals surface area contributed by atoms with E-state index in [4.69, 9.17) is 23.2 Å². The minimum Gasteiger partial charge on any atom is -0.351 e. The summed E-state index contributed by atoms with van der Waals surface area (Å²) >= 11 is 12.0. The molecule has 0 atom stereocenters. The van der Waals surface area contributed by atoms with E-state index in [1.54, 1.807) is 6.20 Å². The van der Waals surface area contributed by atoms with Crippen molar-refractivity contribution >= 4 is 29.2 Å². The summed E-state index contributed by atoms with van der Waals surface area (Å²) in [5.41, 5.74) is 1.66. The molecule has 0 aliphatic heterocycles. The number of nitrogens with zero attached hydrogens (tertiary/aromatic N) is 2. The van der Waals surface area contributed by atoms with Crippen LogP contribution >= 0.6 is 23.2 Å². The first kappa shape index (κ1) is 11.8. The molecule has 1 aliphatic rings. The molecule has 3 rings (SSSR count). The first-order valence-corrected chi connectivity index (χ1v) is 6.53. The average molecular weight is 280 g/mol. The summed E-state index contributed by atoms with van der Waals surface area (Å²) < 4.78 is 0. The molecule has 1 saturated carbocycles. The van der Waals surface area contributed by atoms with E-state index in [0.29, 0.717) is 22.0 Å². The Labute approximate surface area is 115 Å². The van der Waals surface area contributed by atoms with Gasteiger partial charge < -0.3 is 5.32 Å². The topological polar surface area (TPSA) is 37.8 Å². The lowest BCUT2D eigenvalue weighted by atomic mass is 10.1. The Morgan fingerprint density at radius 2 is 1.83 bits per heavy atom. The monoisotopic (exact) mass is 279 g/mol. The Morgan fingerprint density at radius 1 is 1.11 bits per heavy atom. The zero-order chi connectivity index (χ0) is 12.5. The van der Waals surface area contributed by atoms with Gasteiger partial charge >= 0.3 is 0 Å². The van der Waals surface area contributed by atoms with Crippen LogP contribution in [0.4, 0.5) is 5.95 Å². The van der Waals surface area contributed by atoms with Crippen molar-refractivity contribution in [2.75, 3.05) is 5.32 Å². The fourth-order valence-electron chi connectivity index (χ4n) is 1.66. The molecule has 3 nitrogen and oxygen atoms in total. The number of rotatable bonds is 3. The van der Waals surface area contributed by atoms with Crippen LogP contribution in [0.2, 0.25) is 10.0 Å². The summed E-state index contributed by atoms with van der Waals surface area (Å²) in [5.74, 6) is 0.631. The van der Waals surface area contributed by atoms with Gasteiger partial charge in [-0.2, -0.15) is 0 Å². The lowest BCUT2D eigenvalue weighted by Gasteiger charge is -2.07. The van der Waals surface area contributed by atoms with Gasteiger partial charge in [-0.15, -0.1) is 0 Å². The van der Waals surface area contributed by atoms with Crippen LogP contribution in [-0.4, -0.2) is 16.0 Å². The van der Waals surface area contributed by atoms with Crippen molar-refractivity contribution in [2.45, 2.75) is 18.9 Å². The van der Waals surface area contributed by atoms with Crippen LogP contribution in [0.25, 0.3) is 11.3 Å². The molecule has 1 aromatic carbocycles. The van der Waals surface area contributed by atoms with Gasteiger partial charge in [-0.1, -0.05) is 35.3 Å². The van der Waals surface area contributed by atoms with Crippen LogP contribution in [0.15, 0.2) is 30.5 Å². The molecule has 0 saturated heterocycles. The maximum Gasteiger partial charge on any atom is 0.223 e. The highest BCUT2D eigenvalue weighted by Gasteiger charge is 2.22. The highest BCUT2D eigenvalue weighted by molar-refractivity contribution is 6.33. The summed E-state index contributed by atoms with van der Waals surface area (Å²) in [4.78, 5) is 8.64. The number of benzene rings is 1. The third-order valence-electron chi connectivity index (χ3n) is 2.77. The summed E-state index contributed by atoms with van der Waals surface area (Å²) in [5, 5.41) is 4.49. The van der Waals surface area contributed by atoms with Crippen LogP contribution in [0.5, 0.6) is 0 Å². The van der Waals surface area contributed by atoms with Crippen molar-refractivity contribution in [1.82, 2.24) is 9.97 Å². The van der Waals surface area contributed by atoms with Gasteiger partial charge in [0.2, 0.25) is 5.95 Å². The van der Waals surface area contributed by atoms with Crippen LogP contribution in [0.1, 0.15) is 12.8 Å². The second-order valence-electron chi connectivity index (χ2n) is 4.32. The van der Waals surface area contributed by atoms with E-state index in [-0.39, 0.29) is 0 Å². The number of hydrogen-bond donors (Lipinski definition) is 1. The van der Waals surface area contributed by atoms with E-state index in [9.17, 15) is 0 Å². The molecule has 1 aliphatic carbocycles. The molecule has 5 heteroatoms. The van der Waals surface area contributed by atoms with Gasteiger partial charge in [0.1, 0.15) is 0 Å². The van der Waals surface area contributed by atoms with Gasteiger partial charge in [0, 0.05) is 16.6 Å². The average Bonchev–Trinajstić information content (AvgIpc) is 3.17. The van der Waals surface area contributed by atoms with Gasteiger partial charge in [0.05, 0.1) is 16.9 Å². The molecular weight excluding hydrogens is 269 g/mol. The maximum atomic E-state index is 6.14. The zero-order valence-corrected chi connectivity index (χ0v) is 11.0. The highest BCUT2D eigenvalue weighted by atomic mass is 35.5. The lowest BCUT2D eigenvalue weighted by Crippen LogP contribution is -2.05. The molecule has 0 unspecified atom stereocenters. The van der Waals surface area contributed by atoms with E-state index in [1.165, 1.54) is 12.8 Å². The normalized spacial score (nSPS) is 14.6. The number of halogens is 2. The Morgan fingerprint density at radius 3 is 2.50 bits per heavy atom. The summed E-state index contributed by atoms with van der Waals surface area (Å²) in [6.07, 6.45) is 3.99. The van der Waals surface area contributed by atoms with Crippen LogP contribution in [0, 0.1) is 0 Å². The maximum absolute atomic E-state index is 6.14. The predicted octanol–water partition coefficient (Wildman–Crippen LogP) is 4.02. The van der Waals surface area contributed by atoms with Crippen LogP contribution in [0.3, 0.4) is 0 Å². The SMILES string of the molecule is Clc1ccc(-c2nc(NC3CC3)ncc2Cl)cc1. The Hall–Kier alpha value is -1.32. The van der Waals surface area contributed by atoms with E-state index in [1.807, 2.05) is 24.3 Å². The van der Waals surface area contributed by atoms with Gasteiger partial charge in [0.25, 0.3) is 0 Å². The van der Waals surface area contributed by atoms with E-state index >= 15 is 0 Å². The lowest BCUT2D eigenvalue weighted by molar-refractivity contribution is 1.06.